The van der Waals surface area contributed by atoms with Crippen molar-refractivity contribution in [2.45, 2.75) is 39.5 Å². The summed E-state index contributed by atoms with van der Waals surface area (Å²) in [5, 5.41) is 6.58. The monoisotopic (exact) mass is 460 g/mol. The lowest BCUT2D eigenvalue weighted by atomic mass is 9.93. The van der Waals surface area contributed by atoms with Crippen LogP contribution in [0.25, 0.3) is 22.5 Å². The molecule has 1 aromatic carbocycles. The summed E-state index contributed by atoms with van der Waals surface area (Å²) in [6.45, 7) is 5.83. The minimum atomic E-state index is -0.668. The number of hydrogen-bond donors (Lipinski definition) is 4. The van der Waals surface area contributed by atoms with Gasteiger partial charge in [0.15, 0.2) is 0 Å². The third kappa shape index (κ3) is 6.10. The van der Waals surface area contributed by atoms with Crippen LogP contribution in [0.4, 0.5) is 11.6 Å². The molecule has 8 nitrogen and oxygen atoms in total. The highest BCUT2D eigenvalue weighted by Gasteiger charge is 2.20. The van der Waals surface area contributed by atoms with Crippen LogP contribution in [-0.2, 0) is 0 Å². The summed E-state index contributed by atoms with van der Waals surface area (Å²) >= 11 is 0. The molecule has 0 radical (unpaired) electrons. The molecule has 6 N–H and O–H groups in total. The van der Waals surface area contributed by atoms with Gasteiger partial charge in [-0.25, -0.2) is 9.97 Å². The fourth-order valence-corrected chi connectivity index (χ4v) is 3.58. The van der Waals surface area contributed by atoms with E-state index in [2.05, 4.69) is 34.4 Å². The topological polar surface area (TPSA) is 136 Å². The maximum atomic E-state index is 12.3. The Morgan fingerprint density at radius 3 is 1.56 bits per heavy atom. The van der Waals surface area contributed by atoms with Crippen LogP contribution >= 0.6 is 0 Å². The van der Waals surface area contributed by atoms with E-state index in [4.69, 9.17) is 11.5 Å². The highest BCUT2D eigenvalue weighted by molar-refractivity contribution is 6.07. The van der Waals surface area contributed by atoms with Gasteiger partial charge < -0.3 is 22.1 Å². The van der Waals surface area contributed by atoms with Crippen molar-refractivity contribution in [1.82, 2.24) is 9.97 Å². The molecular weight excluding hydrogens is 428 g/mol. The van der Waals surface area contributed by atoms with E-state index < -0.39 is 11.8 Å². The van der Waals surface area contributed by atoms with E-state index in [1.165, 1.54) is 6.07 Å². The van der Waals surface area contributed by atoms with Gasteiger partial charge in [-0.2, -0.15) is 0 Å². The average molecular weight is 461 g/mol. The molecule has 0 aliphatic heterocycles. The molecule has 8 heteroatoms. The number of pyridine rings is 2. The van der Waals surface area contributed by atoms with Crippen LogP contribution in [-0.4, -0.2) is 34.9 Å². The molecule has 3 aromatic rings. The summed E-state index contributed by atoms with van der Waals surface area (Å²) < 4.78 is 0. The molecule has 3 rings (SSSR count). The van der Waals surface area contributed by atoms with E-state index >= 15 is 0 Å². The standard InChI is InChI=1S/C26H32N6O2/c1-3-5-13-29-23-11-7-9-21(31-23)17-15-18(20(26(28)34)16-19(17)25(27)33)22-10-8-12-24(32-22)30-14-6-4-2/h7-12,15-16H,3-6,13-14H2,1-2H3,(H2,27,33)(H2,28,34)(H,29,31)(H,30,32). The van der Waals surface area contributed by atoms with Crippen LogP contribution in [0.5, 0.6) is 0 Å². The Morgan fingerprint density at radius 2 is 1.18 bits per heavy atom. The second-order valence-corrected chi connectivity index (χ2v) is 8.05. The Labute approximate surface area is 200 Å². The van der Waals surface area contributed by atoms with E-state index in [1.54, 1.807) is 18.2 Å². The molecule has 0 fully saturated rings. The Kier molecular flexibility index (Phi) is 8.56. The number of nitrogens with two attached hydrogens (primary N) is 2. The fourth-order valence-electron chi connectivity index (χ4n) is 3.58. The van der Waals surface area contributed by atoms with Gasteiger partial charge in [-0.15, -0.1) is 0 Å². The maximum Gasteiger partial charge on any atom is 0.249 e. The first kappa shape index (κ1) is 24.7. The summed E-state index contributed by atoms with van der Waals surface area (Å²) in [5.74, 6) is 0.0561. The van der Waals surface area contributed by atoms with Crippen molar-refractivity contribution in [1.29, 1.82) is 0 Å². The largest absolute Gasteiger partial charge is 0.370 e. The number of nitrogens with one attached hydrogen (secondary N) is 2. The Hall–Kier alpha value is -3.94. The van der Waals surface area contributed by atoms with Gasteiger partial charge >= 0.3 is 0 Å². The number of carbonyl (C=O) groups excluding carboxylic acids is 2. The zero-order chi connectivity index (χ0) is 24.5. The fraction of sp³-hybridized carbons (Fsp3) is 0.308. The van der Waals surface area contributed by atoms with E-state index in [1.807, 2.05) is 24.3 Å². The number of amides is 2. The molecule has 0 aliphatic rings. The van der Waals surface area contributed by atoms with Gasteiger partial charge in [0.2, 0.25) is 11.8 Å². The van der Waals surface area contributed by atoms with Crippen molar-refractivity contribution in [2.75, 3.05) is 23.7 Å². The number of rotatable bonds is 12. The van der Waals surface area contributed by atoms with Crippen LogP contribution in [0.2, 0.25) is 0 Å². The number of primary amides is 2. The zero-order valence-corrected chi connectivity index (χ0v) is 19.7. The first-order chi connectivity index (χ1) is 16.4. The van der Waals surface area contributed by atoms with Crippen molar-refractivity contribution >= 4 is 23.5 Å². The number of nitrogens with zero attached hydrogens (tertiary/aromatic N) is 2. The number of anilines is 2. The van der Waals surface area contributed by atoms with Crippen LogP contribution in [0.3, 0.4) is 0 Å². The number of hydrogen-bond acceptors (Lipinski definition) is 6. The number of benzene rings is 1. The quantitative estimate of drug-likeness (QED) is 0.295. The lowest BCUT2D eigenvalue weighted by Gasteiger charge is -2.15. The summed E-state index contributed by atoms with van der Waals surface area (Å²) in [5.41, 5.74) is 13.8. The molecule has 0 saturated heterocycles. The van der Waals surface area contributed by atoms with Gasteiger partial charge in [-0.3, -0.25) is 9.59 Å². The third-order valence-electron chi connectivity index (χ3n) is 5.41. The number of aromatic nitrogens is 2. The van der Waals surface area contributed by atoms with E-state index in [-0.39, 0.29) is 11.1 Å². The normalized spacial score (nSPS) is 10.6. The molecule has 0 unspecified atom stereocenters. The van der Waals surface area contributed by atoms with Crippen molar-refractivity contribution in [2.24, 2.45) is 11.5 Å². The highest BCUT2D eigenvalue weighted by Crippen LogP contribution is 2.32. The van der Waals surface area contributed by atoms with Gasteiger partial charge in [-0.05, 0) is 49.2 Å². The maximum absolute atomic E-state index is 12.3. The predicted octanol–water partition coefficient (Wildman–Crippen LogP) is 4.43. The first-order valence-corrected chi connectivity index (χ1v) is 11.6. The summed E-state index contributed by atoms with van der Waals surface area (Å²) in [6, 6.07) is 14.2. The van der Waals surface area contributed by atoms with Crippen LogP contribution in [0.15, 0.2) is 48.5 Å². The smallest absolute Gasteiger partial charge is 0.249 e. The minimum absolute atomic E-state index is 0.174. The van der Waals surface area contributed by atoms with Gasteiger partial charge in [0, 0.05) is 35.3 Å². The zero-order valence-electron chi connectivity index (χ0n) is 19.7. The molecule has 34 heavy (non-hydrogen) atoms. The second-order valence-electron chi connectivity index (χ2n) is 8.05. The number of unbranched alkanes of at least 4 members (excludes halogenated alkanes) is 2. The van der Waals surface area contributed by atoms with Crippen molar-refractivity contribution in [3.05, 3.63) is 59.7 Å². The second kappa shape index (κ2) is 11.8. The van der Waals surface area contributed by atoms with Gasteiger partial charge in [0.1, 0.15) is 11.6 Å². The van der Waals surface area contributed by atoms with Crippen LogP contribution in [0, 0.1) is 0 Å². The Balaban J connectivity index is 2.11. The minimum Gasteiger partial charge on any atom is -0.370 e. The lowest BCUT2D eigenvalue weighted by molar-refractivity contribution is 0.0999. The van der Waals surface area contributed by atoms with Crippen LogP contribution < -0.4 is 22.1 Å². The van der Waals surface area contributed by atoms with Gasteiger partial charge in [-0.1, -0.05) is 38.8 Å². The Bertz CT molecular complexity index is 1080. The molecule has 178 valence electrons. The first-order valence-electron chi connectivity index (χ1n) is 11.6. The molecule has 0 atom stereocenters. The SMILES string of the molecule is CCCCNc1cccc(-c2cc(-c3cccc(NCCCC)n3)c(C(N)=O)cc2C(N)=O)n1. The van der Waals surface area contributed by atoms with Gasteiger partial charge in [0.05, 0.1) is 11.4 Å². The molecule has 2 amide bonds. The molecule has 0 saturated carbocycles. The molecule has 0 spiro atoms. The highest BCUT2D eigenvalue weighted by atomic mass is 16.1. The summed E-state index contributed by atoms with van der Waals surface area (Å²) in [7, 11) is 0. The molecule has 0 bridgehead atoms. The average Bonchev–Trinajstić information content (AvgIpc) is 2.84. The van der Waals surface area contributed by atoms with E-state index in [0.29, 0.717) is 34.2 Å². The van der Waals surface area contributed by atoms with Crippen molar-refractivity contribution in [3.8, 4) is 22.5 Å². The molecular formula is C26H32N6O2. The predicted molar refractivity (Wildman–Crippen MR) is 137 cm³/mol. The van der Waals surface area contributed by atoms with Crippen molar-refractivity contribution < 1.29 is 9.59 Å². The van der Waals surface area contributed by atoms with Gasteiger partial charge in [0.25, 0.3) is 0 Å². The van der Waals surface area contributed by atoms with Crippen LogP contribution in [0.1, 0.15) is 60.2 Å². The van der Waals surface area contributed by atoms with Crippen molar-refractivity contribution in [3.63, 3.8) is 0 Å². The van der Waals surface area contributed by atoms with E-state index in [0.717, 1.165) is 38.8 Å². The Morgan fingerprint density at radius 1 is 0.735 bits per heavy atom. The molecule has 0 aliphatic carbocycles. The lowest BCUT2D eigenvalue weighted by Crippen LogP contribution is -2.18. The number of carbonyl (C=O) groups is 2. The summed E-state index contributed by atoms with van der Waals surface area (Å²) in [4.78, 5) is 34.0. The molecule has 2 heterocycles. The summed E-state index contributed by atoms with van der Waals surface area (Å²) in [6.07, 6.45) is 4.17. The molecule has 2 aromatic heterocycles. The van der Waals surface area contributed by atoms with E-state index in [9.17, 15) is 9.59 Å². The third-order valence-corrected chi connectivity index (χ3v) is 5.41.